The summed E-state index contributed by atoms with van der Waals surface area (Å²) in [5.74, 6) is -1.22. The molecule has 0 bridgehead atoms. The Balaban J connectivity index is 1.78. The predicted molar refractivity (Wildman–Crippen MR) is 98.1 cm³/mol. The maximum absolute atomic E-state index is 13.0. The van der Waals surface area contributed by atoms with Crippen molar-refractivity contribution < 1.29 is 19.4 Å². The lowest BCUT2D eigenvalue weighted by atomic mass is 9.96. The number of carboxylic acid groups (broad SMARTS) is 1. The molecule has 2 fully saturated rings. The lowest BCUT2D eigenvalue weighted by molar-refractivity contribution is -0.165. The van der Waals surface area contributed by atoms with E-state index >= 15 is 0 Å². The molecule has 142 valence electrons. The van der Waals surface area contributed by atoms with Gasteiger partial charge in [0.05, 0.1) is 13.0 Å². The van der Waals surface area contributed by atoms with E-state index in [0.29, 0.717) is 17.9 Å². The minimum absolute atomic E-state index is 0.0511. The van der Waals surface area contributed by atoms with Gasteiger partial charge in [-0.25, -0.2) is 4.79 Å². The number of rotatable bonds is 5. The molecule has 1 atom stereocenters. The fourth-order valence-corrected chi connectivity index (χ4v) is 4.06. The fraction of sp³-hybridized carbons (Fsp3) is 0.579. The van der Waals surface area contributed by atoms with Crippen molar-refractivity contribution in [2.45, 2.75) is 44.4 Å². The average molecular weight is 381 g/mol. The Morgan fingerprint density at radius 1 is 1.27 bits per heavy atom. The SMILES string of the molecule is CCCN1CCC2(CC1)OC[C@H](C(=O)O)N2C(=O)Cc1ccc(Cl)cc1. The number of nitrogens with zero attached hydrogens (tertiary/aromatic N) is 2. The number of benzene rings is 1. The minimum Gasteiger partial charge on any atom is -0.480 e. The number of piperidine rings is 1. The molecule has 26 heavy (non-hydrogen) atoms. The maximum atomic E-state index is 13.0. The van der Waals surface area contributed by atoms with Gasteiger partial charge in [-0.3, -0.25) is 9.69 Å². The van der Waals surface area contributed by atoms with Crippen LogP contribution in [0.4, 0.5) is 0 Å². The summed E-state index contributed by atoms with van der Waals surface area (Å²) >= 11 is 5.90. The summed E-state index contributed by atoms with van der Waals surface area (Å²) in [7, 11) is 0. The van der Waals surface area contributed by atoms with Gasteiger partial charge in [0.25, 0.3) is 0 Å². The molecule has 1 aromatic rings. The van der Waals surface area contributed by atoms with Crippen molar-refractivity contribution in [3.8, 4) is 0 Å². The monoisotopic (exact) mass is 380 g/mol. The van der Waals surface area contributed by atoms with Gasteiger partial charge in [0, 0.05) is 31.0 Å². The number of amides is 1. The van der Waals surface area contributed by atoms with Crippen molar-refractivity contribution in [2.24, 2.45) is 0 Å². The molecule has 0 unspecified atom stereocenters. The summed E-state index contributed by atoms with van der Waals surface area (Å²) in [6.07, 6.45) is 2.50. The van der Waals surface area contributed by atoms with E-state index in [9.17, 15) is 14.7 Å². The van der Waals surface area contributed by atoms with Gasteiger partial charge in [-0.05, 0) is 30.7 Å². The minimum atomic E-state index is -1.01. The van der Waals surface area contributed by atoms with Crippen LogP contribution in [0.15, 0.2) is 24.3 Å². The number of ether oxygens (including phenoxy) is 1. The van der Waals surface area contributed by atoms with E-state index in [0.717, 1.165) is 31.6 Å². The van der Waals surface area contributed by atoms with Crippen LogP contribution >= 0.6 is 11.6 Å². The second-order valence-corrected chi connectivity index (χ2v) is 7.46. The van der Waals surface area contributed by atoms with Crippen molar-refractivity contribution in [3.05, 3.63) is 34.9 Å². The third-order valence-corrected chi connectivity index (χ3v) is 5.51. The summed E-state index contributed by atoms with van der Waals surface area (Å²) < 4.78 is 5.95. The second-order valence-electron chi connectivity index (χ2n) is 7.02. The van der Waals surface area contributed by atoms with Crippen LogP contribution in [0.1, 0.15) is 31.7 Å². The predicted octanol–water partition coefficient (Wildman–Crippen LogP) is 2.40. The van der Waals surface area contributed by atoms with E-state index in [1.807, 2.05) is 0 Å². The molecule has 0 radical (unpaired) electrons. The van der Waals surface area contributed by atoms with Crippen LogP contribution in [0.2, 0.25) is 5.02 Å². The zero-order valence-corrected chi connectivity index (χ0v) is 15.7. The third-order valence-electron chi connectivity index (χ3n) is 5.26. The molecule has 1 amide bonds. The molecule has 1 spiro atoms. The fourth-order valence-electron chi connectivity index (χ4n) is 3.93. The number of halogens is 1. The molecule has 7 heteroatoms. The molecule has 0 aliphatic carbocycles. The van der Waals surface area contributed by atoms with Crippen molar-refractivity contribution in [1.29, 1.82) is 0 Å². The van der Waals surface area contributed by atoms with Crippen molar-refractivity contribution in [1.82, 2.24) is 9.80 Å². The first kappa shape index (κ1) is 19.1. The Morgan fingerprint density at radius 2 is 1.92 bits per heavy atom. The van der Waals surface area contributed by atoms with Gasteiger partial charge >= 0.3 is 5.97 Å². The Bertz CT molecular complexity index is 656. The Labute approximate surface area is 158 Å². The normalized spacial score (nSPS) is 22.7. The van der Waals surface area contributed by atoms with Gasteiger partial charge < -0.3 is 14.7 Å². The Hall–Kier alpha value is -1.63. The molecule has 2 saturated heterocycles. The number of hydrogen-bond donors (Lipinski definition) is 1. The number of likely N-dealkylation sites (tertiary alicyclic amines) is 1. The number of aliphatic carboxylic acids is 1. The molecule has 0 saturated carbocycles. The number of carbonyl (C=O) groups excluding carboxylic acids is 1. The molecule has 2 aliphatic heterocycles. The number of hydrogen-bond acceptors (Lipinski definition) is 4. The standard InChI is InChI=1S/C19H25ClN2O4/c1-2-9-21-10-7-19(8-11-21)22(16(13-26-19)18(24)25)17(23)12-14-3-5-15(20)6-4-14/h3-6,16H,2,7-13H2,1H3,(H,24,25)/t16-/m1/s1. The van der Waals surface area contributed by atoms with Crippen LogP contribution in [-0.2, 0) is 20.7 Å². The van der Waals surface area contributed by atoms with Gasteiger partial charge in [0.2, 0.25) is 5.91 Å². The smallest absolute Gasteiger partial charge is 0.328 e. The molecule has 0 aromatic heterocycles. The van der Waals surface area contributed by atoms with Crippen molar-refractivity contribution >= 4 is 23.5 Å². The zero-order valence-electron chi connectivity index (χ0n) is 15.0. The van der Waals surface area contributed by atoms with Gasteiger partial charge in [-0.2, -0.15) is 0 Å². The highest BCUT2D eigenvalue weighted by molar-refractivity contribution is 6.30. The first-order valence-corrected chi connectivity index (χ1v) is 9.49. The molecule has 1 aromatic carbocycles. The topological polar surface area (TPSA) is 70.1 Å². The molecule has 2 heterocycles. The molecule has 3 rings (SSSR count). The zero-order chi connectivity index (χ0) is 18.7. The first-order valence-electron chi connectivity index (χ1n) is 9.11. The van der Waals surface area contributed by atoms with Crippen LogP contribution in [0.25, 0.3) is 0 Å². The van der Waals surface area contributed by atoms with E-state index < -0.39 is 17.7 Å². The van der Waals surface area contributed by atoms with E-state index in [1.54, 1.807) is 24.3 Å². The largest absolute Gasteiger partial charge is 0.480 e. The highest BCUT2D eigenvalue weighted by Gasteiger charge is 2.53. The van der Waals surface area contributed by atoms with E-state index in [1.165, 1.54) is 4.90 Å². The summed E-state index contributed by atoms with van der Waals surface area (Å²) in [6.45, 7) is 4.82. The lowest BCUT2D eigenvalue weighted by Gasteiger charge is -2.44. The van der Waals surface area contributed by atoms with Crippen LogP contribution in [0.3, 0.4) is 0 Å². The van der Waals surface area contributed by atoms with Gasteiger partial charge in [0.1, 0.15) is 5.72 Å². The summed E-state index contributed by atoms with van der Waals surface area (Å²) in [4.78, 5) is 28.6. The highest BCUT2D eigenvalue weighted by atomic mass is 35.5. The summed E-state index contributed by atoms with van der Waals surface area (Å²) in [5.41, 5.74) is 0.0191. The first-order chi connectivity index (χ1) is 12.4. The Kier molecular flexibility index (Phi) is 5.85. The molecular weight excluding hydrogens is 356 g/mol. The average Bonchev–Trinajstić information content (AvgIpc) is 2.99. The van der Waals surface area contributed by atoms with E-state index in [-0.39, 0.29) is 18.9 Å². The molecule has 2 aliphatic rings. The van der Waals surface area contributed by atoms with Crippen molar-refractivity contribution in [3.63, 3.8) is 0 Å². The van der Waals surface area contributed by atoms with Crippen molar-refractivity contribution in [2.75, 3.05) is 26.2 Å². The summed E-state index contributed by atoms with van der Waals surface area (Å²) in [6, 6.07) is 6.14. The molecule has 6 nitrogen and oxygen atoms in total. The maximum Gasteiger partial charge on any atom is 0.328 e. The van der Waals surface area contributed by atoms with Gasteiger partial charge in [0.15, 0.2) is 6.04 Å². The van der Waals surface area contributed by atoms with Crippen LogP contribution in [0.5, 0.6) is 0 Å². The van der Waals surface area contributed by atoms with E-state index in [2.05, 4.69) is 11.8 Å². The lowest BCUT2D eigenvalue weighted by Crippen LogP contribution is -2.58. The number of carboxylic acids is 1. The van der Waals surface area contributed by atoms with Crippen LogP contribution < -0.4 is 0 Å². The molecular formula is C19H25ClN2O4. The van der Waals surface area contributed by atoms with Gasteiger partial charge in [-0.1, -0.05) is 30.7 Å². The molecule has 1 N–H and O–H groups in total. The second kappa shape index (κ2) is 7.94. The number of carbonyl (C=O) groups is 2. The third kappa shape index (κ3) is 3.87. The van der Waals surface area contributed by atoms with Crippen LogP contribution in [-0.4, -0.2) is 64.8 Å². The van der Waals surface area contributed by atoms with E-state index in [4.69, 9.17) is 16.3 Å². The van der Waals surface area contributed by atoms with Crippen LogP contribution in [0, 0.1) is 0 Å². The summed E-state index contributed by atoms with van der Waals surface area (Å²) in [5, 5.41) is 10.2. The van der Waals surface area contributed by atoms with Gasteiger partial charge in [-0.15, -0.1) is 0 Å². The Morgan fingerprint density at radius 3 is 2.50 bits per heavy atom. The highest BCUT2D eigenvalue weighted by Crippen LogP contribution is 2.38. The quantitative estimate of drug-likeness (QED) is 0.849.